The summed E-state index contributed by atoms with van der Waals surface area (Å²) in [6.45, 7) is 3.49. The van der Waals surface area contributed by atoms with Crippen LogP contribution in [-0.4, -0.2) is 75.7 Å². The molecule has 0 unspecified atom stereocenters. The Bertz CT molecular complexity index is 1700. The van der Waals surface area contributed by atoms with E-state index in [2.05, 4.69) is 21.8 Å². The minimum absolute atomic E-state index is 0.0182. The lowest BCUT2D eigenvalue weighted by molar-refractivity contribution is -0.274. The number of nitrogens with zero attached hydrogens (tertiary/aromatic N) is 2. The fraction of sp³-hybridized carbons (Fsp3) is 0.417. The number of phenols is 1. The van der Waals surface area contributed by atoms with Crippen LogP contribution in [0.5, 0.6) is 17.2 Å². The molecule has 1 spiro atoms. The third kappa shape index (κ3) is 4.59. The zero-order chi connectivity index (χ0) is 32.5. The van der Waals surface area contributed by atoms with Gasteiger partial charge < -0.3 is 24.6 Å². The number of phenolic OH excluding ortho intramolecular Hbond substituents is 1. The molecule has 2 bridgehead atoms. The molecule has 4 aliphatic rings. The summed E-state index contributed by atoms with van der Waals surface area (Å²) in [5.41, 5.74) is 0.453. The van der Waals surface area contributed by atoms with Crippen LogP contribution in [0.15, 0.2) is 72.8 Å². The average Bonchev–Trinajstić information content (AvgIpc) is 3.29. The Labute approximate surface area is 265 Å². The van der Waals surface area contributed by atoms with Crippen molar-refractivity contribution < 1.29 is 37.7 Å². The minimum atomic E-state index is -4.82. The Hall–Kier alpha value is -4.02. The number of carbonyl (C=O) groups is 1. The van der Waals surface area contributed by atoms with Crippen LogP contribution in [0.2, 0.25) is 0 Å². The molecule has 7 nitrogen and oxygen atoms in total. The van der Waals surface area contributed by atoms with Gasteiger partial charge in [0.15, 0.2) is 11.5 Å². The summed E-state index contributed by atoms with van der Waals surface area (Å²) in [4.78, 5) is 17.6. The molecule has 3 aromatic rings. The monoisotopic (exact) mass is 634 g/mol. The smallest absolute Gasteiger partial charge is 0.504 e. The molecular formula is C36H37F3N2O5. The van der Waals surface area contributed by atoms with Gasteiger partial charge in [0.1, 0.15) is 11.4 Å². The number of hydrogen-bond acceptors (Lipinski definition) is 6. The highest BCUT2D eigenvalue weighted by Gasteiger charge is 2.78. The van der Waals surface area contributed by atoms with Gasteiger partial charge in [-0.3, -0.25) is 9.69 Å². The molecule has 2 heterocycles. The maximum Gasteiger partial charge on any atom is 0.573 e. The molecule has 3 aromatic carbocycles. The molecule has 1 amide bonds. The van der Waals surface area contributed by atoms with Crippen molar-refractivity contribution in [2.45, 2.75) is 74.1 Å². The molecule has 0 aromatic heterocycles. The van der Waals surface area contributed by atoms with Crippen molar-refractivity contribution in [3.63, 3.8) is 0 Å². The average molecular weight is 635 g/mol. The highest BCUT2D eigenvalue weighted by Crippen LogP contribution is 2.69. The van der Waals surface area contributed by atoms with Crippen molar-refractivity contribution in [3.05, 3.63) is 95.1 Å². The van der Waals surface area contributed by atoms with Gasteiger partial charge in [-0.15, -0.1) is 13.2 Å². The lowest BCUT2D eigenvalue weighted by Crippen LogP contribution is -2.82. The minimum Gasteiger partial charge on any atom is -0.504 e. The topological polar surface area (TPSA) is 82.5 Å². The number of benzene rings is 3. The van der Waals surface area contributed by atoms with Gasteiger partial charge in [-0.05, 0) is 86.5 Å². The van der Waals surface area contributed by atoms with Crippen molar-refractivity contribution in [1.29, 1.82) is 0 Å². The Morgan fingerprint density at radius 2 is 1.91 bits per heavy atom. The Morgan fingerprint density at radius 3 is 2.67 bits per heavy atom. The molecule has 7 rings (SSSR count). The third-order valence-corrected chi connectivity index (χ3v) is 11.0. The van der Waals surface area contributed by atoms with E-state index >= 15 is 0 Å². The lowest BCUT2D eigenvalue weighted by Gasteiger charge is -2.67. The van der Waals surface area contributed by atoms with E-state index in [4.69, 9.17) is 4.74 Å². The predicted molar refractivity (Wildman–Crippen MR) is 166 cm³/mol. The molecule has 2 fully saturated rings. The molecule has 0 radical (unpaired) electrons. The van der Waals surface area contributed by atoms with Gasteiger partial charge in [0.25, 0.3) is 0 Å². The number of alkyl halides is 3. The van der Waals surface area contributed by atoms with Crippen molar-refractivity contribution in [1.82, 2.24) is 9.80 Å². The molecule has 1 saturated heterocycles. The Balaban J connectivity index is 1.20. The van der Waals surface area contributed by atoms with E-state index in [9.17, 15) is 28.2 Å². The van der Waals surface area contributed by atoms with Crippen molar-refractivity contribution in [2.24, 2.45) is 0 Å². The standard InChI is InChI=1S/C36H37F3N2O5/c1-33-28(40(2)30(43)14-11-24-9-6-10-26(21-24)45-36(37,38)39)15-17-35(44)29-22-25-12-13-27(42)32(46-33)31(25)34(33,35)18-20-41(29)19-16-23-7-4-3-5-8-23/h3-14,21,28-29,42,44H,15-20,22H2,1-2H3/t28-,29-,33+,34+,35-/m1/s1. The van der Waals surface area contributed by atoms with Crippen LogP contribution in [0.4, 0.5) is 13.2 Å². The van der Waals surface area contributed by atoms with Crippen molar-refractivity contribution in [3.8, 4) is 17.2 Å². The maximum absolute atomic E-state index is 13.6. The van der Waals surface area contributed by atoms with Gasteiger partial charge in [0.2, 0.25) is 5.91 Å². The molecule has 242 valence electrons. The first kappa shape index (κ1) is 30.6. The fourth-order valence-electron chi connectivity index (χ4n) is 9.06. The summed E-state index contributed by atoms with van der Waals surface area (Å²) >= 11 is 0. The van der Waals surface area contributed by atoms with Gasteiger partial charge in [-0.25, -0.2) is 0 Å². The number of rotatable bonds is 7. The second-order valence-electron chi connectivity index (χ2n) is 13.2. The number of aromatic hydroxyl groups is 1. The van der Waals surface area contributed by atoms with Gasteiger partial charge in [0.05, 0.1) is 17.1 Å². The highest BCUT2D eigenvalue weighted by atomic mass is 19.4. The molecule has 2 aliphatic heterocycles. The van der Waals surface area contributed by atoms with Crippen molar-refractivity contribution >= 4 is 12.0 Å². The largest absolute Gasteiger partial charge is 0.573 e. The summed E-state index contributed by atoms with van der Waals surface area (Å²) < 4.78 is 48.9. The number of halogens is 3. The number of piperidine rings is 1. The molecule has 1 saturated carbocycles. The van der Waals surface area contributed by atoms with Crippen LogP contribution in [0.25, 0.3) is 6.08 Å². The zero-order valence-electron chi connectivity index (χ0n) is 25.8. The number of carbonyl (C=O) groups excluding carboxylic acids is 1. The van der Waals surface area contributed by atoms with Gasteiger partial charge in [-0.1, -0.05) is 48.5 Å². The normalized spacial score (nSPS) is 29.7. The number of likely N-dealkylation sites (tertiary alicyclic amines) is 1. The van der Waals surface area contributed by atoms with E-state index in [1.807, 2.05) is 31.2 Å². The molecule has 5 atom stereocenters. The number of hydrogen-bond donors (Lipinski definition) is 2. The fourth-order valence-corrected chi connectivity index (χ4v) is 9.06. The summed E-state index contributed by atoms with van der Waals surface area (Å²) in [7, 11) is 1.69. The van der Waals surface area contributed by atoms with E-state index in [0.717, 1.165) is 30.6 Å². The Kier molecular flexibility index (Phi) is 7.17. The van der Waals surface area contributed by atoms with Crippen LogP contribution in [0.1, 0.15) is 48.4 Å². The second kappa shape index (κ2) is 10.8. The SMILES string of the molecule is CN(C(=O)C=Cc1cccc(OC(F)(F)F)c1)[C@@H]1CC[C@@]2(O)[C@H]3Cc4ccc(O)c5c4[C@@]2(CCN3CCc2ccccc2)[C@@]1(C)O5. The summed E-state index contributed by atoms with van der Waals surface area (Å²) in [6, 6.07) is 18.7. The van der Waals surface area contributed by atoms with Crippen LogP contribution >= 0.6 is 0 Å². The number of likely N-dealkylation sites (N-methyl/N-ethyl adjacent to an activating group) is 1. The van der Waals surface area contributed by atoms with Gasteiger partial charge in [-0.2, -0.15) is 0 Å². The first-order valence-corrected chi connectivity index (χ1v) is 15.7. The summed E-state index contributed by atoms with van der Waals surface area (Å²) in [6.07, 6.45) is 0.957. The number of amides is 1. The lowest BCUT2D eigenvalue weighted by atomic mass is 9.44. The molecule has 2 N–H and O–H groups in total. The molecule has 46 heavy (non-hydrogen) atoms. The molecule has 2 aliphatic carbocycles. The van der Waals surface area contributed by atoms with E-state index in [1.165, 1.54) is 35.9 Å². The van der Waals surface area contributed by atoms with E-state index in [-0.39, 0.29) is 23.4 Å². The first-order valence-electron chi connectivity index (χ1n) is 15.7. The number of ether oxygens (including phenoxy) is 2. The third-order valence-electron chi connectivity index (χ3n) is 11.0. The van der Waals surface area contributed by atoms with E-state index < -0.39 is 29.0 Å². The van der Waals surface area contributed by atoms with Crippen LogP contribution in [-0.2, 0) is 23.1 Å². The highest BCUT2D eigenvalue weighted by molar-refractivity contribution is 5.92. The quantitative estimate of drug-likeness (QED) is 0.329. The van der Waals surface area contributed by atoms with E-state index in [0.29, 0.717) is 37.0 Å². The summed E-state index contributed by atoms with van der Waals surface area (Å²) in [5, 5.41) is 23.9. The molecular weight excluding hydrogens is 597 g/mol. The van der Waals surface area contributed by atoms with Crippen LogP contribution < -0.4 is 9.47 Å². The molecule has 10 heteroatoms. The van der Waals surface area contributed by atoms with Crippen LogP contribution in [0.3, 0.4) is 0 Å². The van der Waals surface area contributed by atoms with Crippen molar-refractivity contribution in [2.75, 3.05) is 20.1 Å². The van der Waals surface area contributed by atoms with Gasteiger partial charge in [0, 0.05) is 31.3 Å². The van der Waals surface area contributed by atoms with E-state index in [1.54, 1.807) is 24.1 Å². The zero-order valence-corrected chi connectivity index (χ0v) is 25.8. The van der Waals surface area contributed by atoms with Gasteiger partial charge >= 0.3 is 6.36 Å². The first-order chi connectivity index (χ1) is 21.9. The predicted octanol–water partition coefficient (Wildman–Crippen LogP) is 5.62. The second-order valence-corrected chi connectivity index (χ2v) is 13.2. The Morgan fingerprint density at radius 1 is 1.13 bits per heavy atom. The number of aliphatic hydroxyl groups is 1. The summed E-state index contributed by atoms with van der Waals surface area (Å²) in [5.74, 6) is -0.320. The maximum atomic E-state index is 13.6. The van der Waals surface area contributed by atoms with Crippen LogP contribution in [0, 0.1) is 0 Å².